The van der Waals surface area contributed by atoms with Crippen molar-refractivity contribution in [3.05, 3.63) is 35.8 Å². The average Bonchev–Trinajstić information content (AvgIpc) is 2.67. The monoisotopic (exact) mass is 192 g/mol. The highest BCUT2D eigenvalue weighted by Crippen LogP contribution is 2.23. The van der Waals surface area contributed by atoms with Gasteiger partial charge < -0.3 is 10.2 Å². The third kappa shape index (κ3) is 2.00. The first-order chi connectivity index (χ1) is 6.79. The number of allylic oxidation sites excluding steroid dienone is 2. The molecule has 0 unspecified atom stereocenters. The molecule has 0 radical (unpaired) electrons. The standard InChI is InChI=1S/C10H14N2.C2H6/c1-8(2)12-7-3-4-9-10(12)5-6-11-9;1-2/h3-5,7-8,11H,6H2,1-2H3;1-2H3. The zero-order valence-electron chi connectivity index (χ0n) is 9.54. The summed E-state index contributed by atoms with van der Waals surface area (Å²) in [4.78, 5) is 2.29. The summed E-state index contributed by atoms with van der Waals surface area (Å²) in [5.41, 5.74) is 2.58. The molecule has 2 aliphatic heterocycles. The predicted molar refractivity (Wildman–Crippen MR) is 61.6 cm³/mol. The lowest BCUT2D eigenvalue weighted by atomic mass is 10.2. The van der Waals surface area contributed by atoms with Crippen molar-refractivity contribution < 1.29 is 0 Å². The van der Waals surface area contributed by atoms with Crippen LogP contribution < -0.4 is 5.32 Å². The lowest BCUT2D eigenvalue weighted by Crippen LogP contribution is -2.27. The van der Waals surface area contributed by atoms with Gasteiger partial charge in [-0.3, -0.25) is 0 Å². The average molecular weight is 192 g/mol. The van der Waals surface area contributed by atoms with Crippen LogP contribution in [0.25, 0.3) is 0 Å². The molecular weight excluding hydrogens is 172 g/mol. The van der Waals surface area contributed by atoms with Crippen molar-refractivity contribution in [2.45, 2.75) is 33.7 Å². The van der Waals surface area contributed by atoms with E-state index in [2.05, 4.69) is 48.5 Å². The molecule has 2 heterocycles. The Morgan fingerprint density at radius 3 is 2.71 bits per heavy atom. The van der Waals surface area contributed by atoms with E-state index in [-0.39, 0.29) is 0 Å². The highest BCUT2D eigenvalue weighted by atomic mass is 15.2. The molecule has 0 saturated heterocycles. The van der Waals surface area contributed by atoms with E-state index < -0.39 is 0 Å². The number of fused-ring (bicyclic) bond motifs is 1. The van der Waals surface area contributed by atoms with E-state index in [0.29, 0.717) is 6.04 Å². The van der Waals surface area contributed by atoms with Gasteiger partial charge in [-0.2, -0.15) is 0 Å². The summed E-state index contributed by atoms with van der Waals surface area (Å²) in [5.74, 6) is 0. The van der Waals surface area contributed by atoms with Crippen molar-refractivity contribution >= 4 is 0 Å². The second kappa shape index (κ2) is 4.89. The van der Waals surface area contributed by atoms with Gasteiger partial charge in [-0.15, -0.1) is 0 Å². The van der Waals surface area contributed by atoms with Crippen LogP contribution >= 0.6 is 0 Å². The highest BCUT2D eigenvalue weighted by molar-refractivity contribution is 5.40. The van der Waals surface area contributed by atoms with Gasteiger partial charge in [-0.05, 0) is 32.1 Å². The zero-order chi connectivity index (χ0) is 10.6. The van der Waals surface area contributed by atoms with E-state index >= 15 is 0 Å². The maximum atomic E-state index is 3.32. The number of nitrogens with zero attached hydrogens (tertiary/aromatic N) is 1. The third-order valence-corrected chi connectivity index (χ3v) is 2.21. The molecule has 2 nitrogen and oxygen atoms in total. The van der Waals surface area contributed by atoms with Gasteiger partial charge in [0.2, 0.25) is 0 Å². The molecule has 0 fully saturated rings. The summed E-state index contributed by atoms with van der Waals surface area (Å²) < 4.78 is 0. The lowest BCUT2D eigenvalue weighted by molar-refractivity contribution is 0.387. The Morgan fingerprint density at radius 1 is 1.36 bits per heavy atom. The summed E-state index contributed by atoms with van der Waals surface area (Å²) in [7, 11) is 0. The van der Waals surface area contributed by atoms with Crippen LogP contribution in [0.4, 0.5) is 0 Å². The van der Waals surface area contributed by atoms with Crippen molar-refractivity contribution in [2.24, 2.45) is 0 Å². The fourth-order valence-electron chi connectivity index (χ4n) is 1.61. The zero-order valence-corrected chi connectivity index (χ0v) is 9.54. The van der Waals surface area contributed by atoms with Crippen LogP contribution in [0.15, 0.2) is 35.8 Å². The van der Waals surface area contributed by atoms with E-state index in [0.717, 1.165) is 6.54 Å². The summed E-state index contributed by atoms with van der Waals surface area (Å²) in [6, 6.07) is 0.538. The Labute approximate surface area is 87.0 Å². The van der Waals surface area contributed by atoms with E-state index in [1.165, 1.54) is 11.4 Å². The van der Waals surface area contributed by atoms with Crippen LogP contribution in [-0.2, 0) is 0 Å². The van der Waals surface area contributed by atoms with Gasteiger partial charge in [-0.25, -0.2) is 0 Å². The maximum Gasteiger partial charge on any atom is 0.0621 e. The normalized spacial score (nSPS) is 17.9. The van der Waals surface area contributed by atoms with Gasteiger partial charge >= 0.3 is 0 Å². The first kappa shape index (κ1) is 10.9. The van der Waals surface area contributed by atoms with Crippen molar-refractivity contribution in [3.8, 4) is 0 Å². The van der Waals surface area contributed by atoms with E-state index in [9.17, 15) is 0 Å². The van der Waals surface area contributed by atoms with Crippen LogP contribution in [0.5, 0.6) is 0 Å². The molecule has 2 aliphatic rings. The van der Waals surface area contributed by atoms with Gasteiger partial charge in [0.1, 0.15) is 0 Å². The van der Waals surface area contributed by atoms with Crippen LogP contribution in [-0.4, -0.2) is 17.5 Å². The first-order valence-corrected chi connectivity index (χ1v) is 5.40. The maximum absolute atomic E-state index is 3.32. The van der Waals surface area contributed by atoms with Crippen LogP contribution in [0.1, 0.15) is 27.7 Å². The van der Waals surface area contributed by atoms with Crippen molar-refractivity contribution in [3.63, 3.8) is 0 Å². The molecular formula is C12H20N2. The molecule has 0 aromatic carbocycles. The quantitative estimate of drug-likeness (QED) is 0.687. The minimum atomic E-state index is 0.538. The van der Waals surface area contributed by atoms with Gasteiger partial charge in [-0.1, -0.05) is 13.8 Å². The van der Waals surface area contributed by atoms with Gasteiger partial charge in [0.05, 0.1) is 11.4 Å². The molecule has 0 atom stereocenters. The van der Waals surface area contributed by atoms with Crippen LogP contribution in [0, 0.1) is 0 Å². The molecule has 0 aliphatic carbocycles. The topological polar surface area (TPSA) is 15.3 Å². The first-order valence-electron chi connectivity index (χ1n) is 5.40. The second-order valence-electron chi connectivity index (χ2n) is 3.39. The van der Waals surface area contributed by atoms with Crippen molar-refractivity contribution in [2.75, 3.05) is 6.54 Å². The minimum absolute atomic E-state index is 0.538. The summed E-state index contributed by atoms with van der Waals surface area (Å²) in [6.07, 6.45) is 8.57. The molecule has 0 spiro atoms. The molecule has 0 aromatic rings. The Hall–Kier alpha value is -1.18. The summed E-state index contributed by atoms with van der Waals surface area (Å²) >= 11 is 0. The summed E-state index contributed by atoms with van der Waals surface area (Å²) in [5, 5.41) is 3.32. The molecule has 78 valence electrons. The largest absolute Gasteiger partial charge is 0.380 e. The number of nitrogens with one attached hydrogen (secondary N) is 1. The van der Waals surface area contributed by atoms with Crippen molar-refractivity contribution in [1.82, 2.24) is 10.2 Å². The molecule has 0 amide bonds. The number of hydrogen-bond donors (Lipinski definition) is 1. The molecule has 2 rings (SSSR count). The second-order valence-corrected chi connectivity index (χ2v) is 3.39. The van der Waals surface area contributed by atoms with Crippen LogP contribution in [0.3, 0.4) is 0 Å². The fraction of sp³-hybridized carbons (Fsp3) is 0.500. The predicted octanol–water partition coefficient (Wildman–Crippen LogP) is 2.62. The van der Waals surface area contributed by atoms with Gasteiger partial charge in [0.25, 0.3) is 0 Å². The highest BCUT2D eigenvalue weighted by Gasteiger charge is 2.19. The fourth-order valence-corrected chi connectivity index (χ4v) is 1.61. The Bertz CT molecular complexity index is 272. The van der Waals surface area contributed by atoms with Crippen LogP contribution in [0.2, 0.25) is 0 Å². The molecule has 0 aromatic heterocycles. The molecule has 0 saturated carbocycles. The molecule has 1 N–H and O–H groups in total. The Kier molecular flexibility index (Phi) is 3.81. The SMILES string of the molecule is CC.CC(C)N1C=CC=C2NCC=C21. The molecule has 2 heteroatoms. The molecule has 0 bridgehead atoms. The number of hydrogen-bond acceptors (Lipinski definition) is 2. The lowest BCUT2D eigenvalue weighted by Gasteiger charge is -2.28. The van der Waals surface area contributed by atoms with E-state index in [1.54, 1.807) is 0 Å². The van der Waals surface area contributed by atoms with Gasteiger partial charge in [0, 0.05) is 18.8 Å². The minimum Gasteiger partial charge on any atom is -0.380 e. The van der Waals surface area contributed by atoms with E-state index in [4.69, 9.17) is 0 Å². The molecule has 14 heavy (non-hydrogen) atoms. The third-order valence-electron chi connectivity index (χ3n) is 2.21. The van der Waals surface area contributed by atoms with Gasteiger partial charge in [0.15, 0.2) is 0 Å². The number of rotatable bonds is 1. The Balaban J connectivity index is 0.000000461. The van der Waals surface area contributed by atoms with E-state index in [1.807, 2.05) is 13.8 Å². The smallest absolute Gasteiger partial charge is 0.0621 e. The van der Waals surface area contributed by atoms with Crippen molar-refractivity contribution in [1.29, 1.82) is 0 Å². The summed E-state index contributed by atoms with van der Waals surface area (Å²) in [6.45, 7) is 9.37. The Morgan fingerprint density at radius 2 is 2.07 bits per heavy atom.